The molecule has 4 rings (SSSR count). The zero-order valence-electron chi connectivity index (χ0n) is 13.5. The number of benzene rings is 1. The molecule has 1 aromatic rings. The predicted octanol–water partition coefficient (Wildman–Crippen LogP) is 3.32. The normalized spacial score (nSPS) is 32.5. The average Bonchev–Trinajstić information content (AvgIpc) is 2.88. The molecule has 23 heavy (non-hydrogen) atoms. The Hall–Kier alpha value is -1.87. The molecule has 2 aliphatic carbocycles. The third kappa shape index (κ3) is 2.63. The third-order valence-corrected chi connectivity index (χ3v) is 5.65. The molecule has 120 valence electrons. The Labute approximate surface area is 137 Å². The molecule has 1 saturated heterocycles. The van der Waals surface area contributed by atoms with E-state index in [9.17, 15) is 4.79 Å². The van der Waals surface area contributed by atoms with Crippen molar-refractivity contribution in [3.05, 3.63) is 59.7 Å². The number of carbonyl (C=O) groups is 1. The Bertz CT molecular complexity index is 649. The largest absolute Gasteiger partial charge is 0.377 e. The number of hydrogen-bond donors (Lipinski definition) is 0. The molecule has 4 atom stereocenters. The molecule has 1 amide bonds. The lowest BCUT2D eigenvalue weighted by molar-refractivity contribution is -0.129. The van der Waals surface area contributed by atoms with Crippen molar-refractivity contribution < 1.29 is 9.53 Å². The van der Waals surface area contributed by atoms with E-state index >= 15 is 0 Å². The maximum Gasteiger partial charge on any atom is 0.223 e. The fourth-order valence-electron chi connectivity index (χ4n) is 4.50. The van der Waals surface area contributed by atoms with E-state index in [1.165, 1.54) is 11.1 Å². The molecule has 3 aliphatic rings. The Morgan fingerprint density at radius 3 is 2.83 bits per heavy atom. The molecule has 2 unspecified atom stereocenters. The maximum absolute atomic E-state index is 12.6. The zero-order chi connectivity index (χ0) is 15.8. The number of allylic oxidation sites excluding steroid dienone is 2. The second kappa shape index (κ2) is 5.97. The van der Waals surface area contributed by atoms with Gasteiger partial charge in [0, 0.05) is 32.0 Å². The van der Waals surface area contributed by atoms with Crippen LogP contribution in [0, 0.1) is 11.8 Å². The van der Waals surface area contributed by atoms with E-state index in [-0.39, 0.29) is 6.10 Å². The van der Waals surface area contributed by atoms with Crippen molar-refractivity contribution in [3.8, 4) is 0 Å². The van der Waals surface area contributed by atoms with E-state index in [0.29, 0.717) is 30.2 Å². The predicted molar refractivity (Wildman–Crippen MR) is 89.6 cm³/mol. The van der Waals surface area contributed by atoms with E-state index in [2.05, 4.69) is 35.3 Å². The van der Waals surface area contributed by atoms with Crippen molar-refractivity contribution in [2.45, 2.75) is 38.0 Å². The van der Waals surface area contributed by atoms with Gasteiger partial charge in [0.2, 0.25) is 5.91 Å². The van der Waals surface area contributed by atoms with Crippen LogP contribution in [0.3, 0.4) is 0 Å². The number of methoxy groups -OCH3 is 1. The first-order chi connectivity index (χ1) is 11.3. The molecule has 0 aromatic heterocycles. The van der Waals surface area contributed by atoms with Gasteiger partial charge in [0.25, 0.3) is 0 Å². The number of nitrogens with zero attached hydrogens (tertiary/aromatic N) is 1. The Kier molecular flexibility index (Phi) is 3.82. The van der Waals surface area contributed by atoms with Crippen LogP contribution in [0.4, 0.5) is 0 Å². The van der Waals surface area contributed by atoms with Gasteiger partial charge in [0.05, 0.1) is 6.10 Å². The summed E-state index contributed by atoms with van der Waals surface area (Å²) in [6, 6.07) is 10.7. The van der Waals surface area contributed by atoms with Crippen molar-refractivity contribution in [3.63, 3.8) is 0 Å². The fourth-order valence-corrected chi connectivity index (χ4v) is 4.50. The summed E-state index contributed by atoms with van der Waals surface area (Å²) in [4.78, 5) is 14.7. The van der Waals surface area contributed by atoms with E-state index in [1.807, 2.05) is 18.2 Å². The minimum Gasteiger partial charge on any atom is -0.377 e. The number of fused-ring (bicyclic) bond motifs is 2. The van der Waals surface area contributed by atoms with Gasteiger partial charge in [-0.3, -0.25) is 4.79 Å². The van der Waals surface area contributed by atoms with Gasteiger partial charge < -0.3 is 9.64 Å². The quantitative estimate of drug-likeness (QED) is 0.857. The third-order valence-electron chi connectivity index (χ3n) is 5.65. The van der Waals surface area contributed by atoms with Crippen LogP contribution in [-0.4, -0.2) is 30.1 Å². The van der Waals surface area contributed by atoms with Crippen molar-refractivity contribution in [1.82, 2.24) is 4.90 Å². The molecule has 1 saturated carbocycles. The monoisotopic (exact) mass is 309 g/mol. The summed E-state index contributed by atoms with van der Waals surface area (Å²) >= 11 is 0. The Balaban J connectivity index is 1.56. The second-order valence-corrected chi connectivity index (χ2v) is 6.91. The van der Waals surface area contributed by atoms with Gasteiger partial charge in [-0.1, -0.05) is 54.1 Å². The number of amides is 1. The number of rotatable bonds is 3. The molecule has 0 N–H and O–H groups in total. The molecule has 3 heteroatoms. The van der Waals surface area contributed by atoms with Crippen LogP contribution in [0.25, 0.3) is 0 Å². The summed E-state index contributed by atoms with van der Waals surface area (Å²) in [6.07, 6.45) is 9.41. The van der Waals surface area contributed by atoms with Gasteiger partial charge in [-0.2, -0.15) is 0 Å². The van der Waals surface area contributed by atoms with Crippen LogP contribution in [0.15, 0.2) is 54.1 Å². The molecular formula is C20H23NO2. The second-order valence-electron chi connectivity index (χ2n) is 6.91. The smallest absolute Gasteiger partial charge is 0.223 e. The summed E-state index contributed by atoms with van der Waals surface area (Å²) in [6.45, 7) is 0.736. The highest BCUT2D eigenvalue weighted by Crippen LogP contribution is 2.45. The average molecular weight is 309 g/mol. The molecule has 0 radical (unpaired) electrons. The standard InChI is InChI=1S/C20H23NO2/c1-23-19-9-5-8-15-10-16-11-20(22)21(18(16)12-17(15)19)13-14-6-3-2-4-7-14/h2-9,16-19H,10-13H2,1H3/t16-,17?,18+,19?/m0/s1. The highest BCUT2D eigenvalue weighted by atomic mass is 16.5. The summed E-state index contributed by atoms with van der Waals surface area (Å²) < 4.78 is 5.66. The van der Waals surface area contributed by atoms with Crippen LogP contribution in [-0.2, 0) is 16.1 Å². The lowest BCUT2D eigenvalue weighted by Gasteiger charge is -2.41. The molecular weight excluding hydrogens is 286 g/mol. The molecule has 2 fully saturated rings. The van der Waals surface area contributed by atoms with E-state index < -0.39 is 0 Å². The Morgan fingerprint density at radius 1 is 1.22 bits per heavy atom. The van der Waals surface area contributed by atoms with Gasteiger partial charge in [0.1, 0.15) is 0 Å². The minimum atomic E-state index is 0.158. The van der Waals surface area contributed by atoms with Crippen molar-refractivity contribution in [2.24, 2.45) is 11.8 Å². The first kappa shape index (κ1) is 14.7. The van der Waals surface area contributed by atoms with E-state index in [4.69, 9.17) is 4.74 Å². The summed E-state index contributed by atoms with van der Waals surface area (Å²) in [5.74, 6) is 1.21. The number of ether oxygens (including phenoxy) is 1. The van der Waals surface area contributed by atoms with Crippen LogP contribution < -0.4 is 0 Å². The summed E-state index contributed by atoms with van der Waals surface area (Å²) in [7, 11) is 1.78. The summed E-state index contributed by atoms with van der Waals surface area (Å²) in [5, 5.41) is 0. The van der Waals surface area contributed by atoms with Crippen LogP contribution >= 0.6 is 0 Å². The van der Waals surface area contributed by atoms with E-state index in [1.54, 1.807) is 7.11 Å². The summed E-state index contributed by atoms with van der Waals surface area (Å²) in [5.41, 5.74) is 2.68. The molecule has 1 aromatic carbocycles. The molecule has 1 heterocycles. The molecule has 1 aliphatic heterocycles. The lowest BCUT2D eigenvalue weighted by Crippen LogP contribution is -2.42. The van der Waals surface area contributed by atoms with Crippen LogP contribution in [0.5, 0.6) is 0 Å². The molecule has 3 nitrogen and oxygen atoms in total. The maximum atomic E-state index is 12.6. The van der Waals surface area contributed by atoms with Gasteiger partial charge >= 0.3 is 0 Å². The van der Waals surface area contributed by atoms with Gasteiger partial charge in [-0.05, 0) is 24.3 Å². The van der Waals surface area contributed by atoms with E-state index in [0.717, 1.165) is 19.4 Å². The highest BCUT2D eigenvalue weighted by Gasteiger charge is 2.46. The fraction of sp³-hybridized carbons (Fsp3) is 0.450. The SMILES string of the molecule is COC1C=CC=C2C[C@H]3CC(=O)N(Cc4ccccc4)[C@@H]3CC21. The number of carbonyl (C=O) groups excluding carboxylic acids is 1. The number of hydrogen-bond acceptors (Lipinski definition) is 2. The number of likely N-dealkylation sites (tertiary alicyclic amines) is 1. The lowest BCUT2D eigenvalue weighted by atomic mass is 9.71. The van der Waals surface area contributed by atoms with Crippen molar-refractivity contribution in [2.75, 3.05) is 7.11 Å². The van der Waals surface area contributed by atoms with Crippen molar-refractivity contribution in [1.29, 1.82) is 0 Å². The van der Waals surface area contributed by atoms with Gasteiger partial charge in [-0.25, -0.2) is 0 Å². The first-order valence-electron chi connectivity index (χ1n) is 8.49. The zero-order valence-corrected chi connectivity index (χ0v) is 13.5. The van der Waals surface area contributed by atoms with Crippen LogP contribution in [0.1, 0.15) is 24.8 Å². The first-order valence-corrected chi connectivity index (χ1v) is 8.49. The minimum absolute atomic E-state index is 0.158. The molecule has 0 spiro atoms. The van der Waals surface area contributed by atoms with Gasteiger partial charge in [0.15, 0.2) is 0 Å². The Morgan fingerprint density at radius 2 is 2.04 bits per heavy atom. The molecule has 0 bridgehead atoms. The van der Waals surface area contributed by atoms with Crippen molar-refractivity contribution >= 4 is 5.91 Å². The highest BCUT2D eigenvalue weighted by molar-refractivity contribution is 5.79. The topological polar surface area (TPSA) is 29.5 Å². The van der Waals surface area contributed by atoms with Crippen LogP contribution in [0.2, 0.25) is 0 Å². The van der Waals surface area contributed by atoms with Gasteiger partial charge in [-0.15, -0.1) is 0 Å².